The van der Waals surface area contributed by atoms with Gasteiger partial charge in [-0.1, -0.05) is 18.2 Å². The second-order valence-electron chi connectivity index (χ2n) is 6.16. The highest BCUT2D eigenvalue weighted by Crippen LogP contribution is 2.24. The molecule has 0 radical (unpaired) electrons. The van der Waals surface area contributed by atoms with Gasteiger partial charge in [0, 0.05) is 22.0 Å². The van der Waals surface area contributed by atoms with E-state index in [0.717, 1.165) is 10.6 Å². The Morgan fingerprint density at radius 2 is 1.93 bits per heavy atom. The van der Waals surface area contributed by atoms with Crippen molar-refractivity contribution in [2.24, 2.45) is 0 Å². The van der Waals surface area contributed by atoms with E-state index in [-0.39, 0.29) is 11.3 Å². The van der Waals surface area contributed by atoms with Gasteiger partial charge in [-0.3, -0.25) is 14.3 Å². The molecule has 0 bridgehead atoms. The number of para-hydroxylation sites is 1. The first-order chi connectivity index (χ1) is 13.1. The third-order valence-electron chi connectivity index (χ3n) is 4.41. The van der Waals surface area contributed by atoms with Crippen LogP contribution in [0.1, 0.15) is 22.0 Å². The highest BCUT2D eigenvalue weighted by atomic mass is 32.1. The zero-order chi connectivity index (χ0) is 19.0. The van der Waals surface area contributed by atoms with Crippen LogP contribution in [0.2, 0.25) is 0 Å². The van der Waals surface area contributed by atoms with Gasteiger partial charge in [0.05, 0.1) is 22.3 Å². The van der Waals surface area contributed by atoms with E-state index in [1.165, 1.54) is 11.3 Å². The molecule has 3 aromatic heterocycles. The molecule has 0 amide bonds. The van der Waals surface area contributed by atoms with Gasteiger partial charge in [0.1, 0.15) is 11.6 Å². The average Bonchev–Trinajstić information content (AvgIpc) is 3.03. The molecule has 0 aliphatic rings. The molecule has 1 N–H and O–H groups in total. The van der Waals surface area contributed by atoms with E-state index in [2.05, 4.69) is 4.98 Å². The first-order valence-electron chi connectivity index (χ1n) is 8.45. The largest absolute Gasteiger partial charge is 0.507 e. The van der Waals surface area contributed by atoms with Crippen LogP contribution in [0, 0.1) is 13.8 Å². The van der Waals surface area contributed by atoms with Gasteiger partial charge in [-0.15, -0.1) is 11.3 Å². The summed E-state index contributed by atoms with van der Waals surface area (Å²) in [4.78, 5) is 23.2. The third kappa shape index (κ3) is 3.04. The lowest BCUT2D eigenvalue weighted by Crippen LogP contribution is -2.23. The van der Waals surface area contributed by atoms with Crippen molar-refractivity contribution >= 4 is 34.4 Å². The van der Waals surface area contributed by atoms with Crippen LogP contribution in [-0.2, 0) is 0 Å². The Morgan fingerprint density at radius 3 is 2.70 bits per heavy atom. The molecule has 0 aliphatic carbocycles. The van der Waals surface area contributed by atoms with E-state index < -0.39 is 0 Å². The standard InChI is InChI=1S/C21H17N3O2S/c1-13-17(7-5-11-22-13)24-19(10-9-15-6-3-4-8-18(15)25)23-16-12-27-14(2)20(16)21(24)26/h3-12,25H,1-2H3/b10-9+. The van der Waals surface area contributed by atoms with Crippen molar-refractivity contribution < 1.29 is 5.11 Å². The summed E-state index contributed by atoms with van der Waals surface area (Å²) < 4.78 is 1.58. The van der Waals surface area contributed by atoms with Gasteiger partial charge >= 0.3 is 0 Å². The summed E-state index contributed by atoms with van der Waals surface area (Å²) in [5.41, 5.74) is 2.65. The fraction of sp³-hybridized carbons (Fsp3) is 0.0952. The zero-order valence-corrected chi connectivity index (χ0v) is 15.7. The van der Waals surface area contributed by atoms with E-state index in [4.69, 9.17) is 4.98 Å². The van der Waals surface area contributed by atoms with E-state index in [1.807, 2.05) is 31.4 Å². The average molecular weight is 375 g/mol. The van der Waals surface area contributed by atoms with Gasteiger partial charge in [-0.25, -0.2) is 4.98 Å². The molecule has 6 heteroatoms. The maximum absolute atomic E-state index is 13.3. The molecule has 0 saturated carbocycles. The third-order valence-corrected chi connectivity index (χ3v) is 5.30. The van der Waals surface area contributed by atoms with Crippen molar-refractivity contribution in [3.05, 3.63) is 80.3 Å². The van der Waals surface area contributed by atoms with Crippen LogP contribution in [0.5, 0.6) is 5.75 Å². The molecule has 1 aromatic carbocycles. The minimum absolute atomic E-state index is 0.119. The number of nitrogens with zero attached hydrogens (tertiary/aromatic N) is 3. The van der Waals surface area contributed by atoms with Crippen LogP contribution >= 0.6 is 11.3 Å². The Bertz CT molecular complexity index is 1240. The van der Waals surface area contributed by atoms with E-state index in [9.17, 15) is 9.90 Å². The number of benzene rings is 1. The summed E-state index contributed by atoms with van der Waals surface area (Å²) in [5.74, 6) is 0.664. The molecule has 4 rings (SSSR count). The number of phenolic OH excluding ortho intramolecular Hbond substituents is 1. The van der Waals surface area contributed by atoms with Crippen LogP contribution in [0.4, 0.5) is 0 Å². The van der Waals surface area contributed by atoms with Crippen LogP contribution in [0.15, 0.2) is 52.8 Å². The van der Waals surface area contributed by atoms with E-state index in [1.54, 1.807) is 47.2 Å². The molecule has 0 unspecified atom stereocenters. The van der Waals surface area contributed by atoms with Crippen molar-refractivity contribution in [1.82, 2.24) is 14.5 Å². The molecule has 0 saturated heterocycles. The Morgan fingerprint density at radius 1 is 1.11 bits per heavy atom. The first-order valence-corrected chi connectivity index (χ1v) is 9.33. The predicted octanol–water partition coefficient (Wildman–Crippen LogP) is 4.34. The molecule has 27 heavy (non-hydrogen) atoms. The first kappa shape index (κ1) is 17.2. The highest BCUT2D eigenvalue weighted by molar-refractivity contribution is 7.11. The second kappa shape index (κ2) is 6.81. The van der Waals surface area contributed by atoms with Gasteiger partial charge in [0.2, 0.25) is 0 Å². The minimum atomic E-state index is -0.119. The van der Waals surface area contributed by atoms with E-state index >= 15 is 0 Å². The highest BCUT2D eigenvalue weighted by Gasteiger charge is 2.15. The lowest BCUT2D eigenvalue weighted by atomic mass is 10.2. The molecule has 4 aromatic rings. The summed E-state index contributed by atoms with van der Waals surface area (Å²) in [6.45, 7) is 3.79. The van der Waals surface area contributed by atoms with E-state index in [0.29, 0.717) is 28.0 Å². The number of aryl methyl sites for hydroxylation is 2. The topological polar surface area (TPSA) is 68.0 Å². The van der Waals surface area contributed by atoms with Gasteiger partial charge < -0.3 is 5.11 Å². The number of fused-ring (bicyclic) bond motifs is 1. The second-order valence-corrected chi connectivity index (χ2v) is 7.25. The Kier molecular flexibility index (Phi) is 4.33. The fourth-order valence-corrected chi connectivity index (χ4v) is 3.79. The van der Waals surface area contributed by atoms with Crippen molar-refractivity contribution in [2.45, 2.75) is 13.8 Å². The molecule has 134 valence electrons. The lowest BCUT2D eigenvalue weighted by molar-refractivity contribution is 0.474. The number of thiophene rings is 1. The molecule has 3 heterocycles. The number of pyridine rings is 1. The maximum atomic E-state index is 13.3. The Balaban J connectivity index is 1.99. The Hall–Kier alpha value is -3.25. The molecule has 0 fully saturated rings. The monoisotopic (exact) mass is 375 g/mol. The van der Waals surface area contributed by atoms with Gasteiger partial charge in [0.15, 0.2) is 0 Å². The molecule has 0 aliphatic heterocycles. The summed E-state index contributed by atoms with van der Waals surface area (Å²) in [6, 6.07) is 10.7. The molecular formula is C21H17N3O2S. The van der Waals surface area contributed by atoms with Gasteiger partial charge in [-0.05, 0) is 44.2 Å². The quantitative estimate of drug-likeness (QED) is 0.578. The molecule has 0 atom stereocenters. The van der Waals surface area contributed by atoms with Crippen molar-refractivity contribution in [3.63, 3.8) is 0 Å². The number of rotatable bonds is 3. The molecular weight excluding hydrogens is 358 g/mol. The smallest absolute Gasteiger partial charge is 0.267 e. The summed E-state index contributed by atoms with van der Waals surface area (Å²) in [7, 11) is 0. The number of phenols is 1. The normalized spacial score (nSPS) is 11.5. The maximum Gasteiger partial charge on any atom is 0.267 e. The zero-order valence-electron chi connectivity index (χ0n) is 14.9. The predicted molar refractivity (Wildman–Crippen MR) is 110 cm³/mol. The summed E-state index contributed by atoms with van der Waals surface area (Å²) >= 11 is 1.51. The lowest BCUT2D eigenvalue weighted by Gasteiger charge is -2.12. The molecule has 0 spiro atoms. The van der Waals surface area contributed by atoms with Crippen LogP contribution in [-0.4, -0.2) is 19.6 Å². The Labute approximate surface area is 159 Å². The number of aromatic nitrogens is 3. The van der Waals surface area contributed by atoms with Crippen LogP contribution in [0.3, 0.4) is 0 Å². The van der Waals surface area contributed by atoms with Crippen molar-refractivity contribution in [3.8, 4) is 11.4 Å². The number of aromatic hydroxyl groups is 1. The minimum Gasteiger partial charge on any atom is -0.507 e. The van der Waals surface area contributed by atoms with Crippen molar-refractivity contribution in [1.29, 1.82) is 0 Å². The van der Waals surface area contributed by atoms with Gasteiger partial charge in [0.25, 0.3) is 5.56 Å². The van der Waals surface area contributed by atoms with Gasteiger partial charge in [-0.2, -0.15) is 0 Å². The fourth-order valence-electron chi connectivity index (χ4n) is 3.02. The molecule has 5 nitrogen and oxygen atoms in total. The van der Waals surface area contributed by atoms with Crippen LogP contribution in [0.25, 0.3) is 28.7 Å². The van der Waals surface area contributed by atoms with Crippen molar-refractivity contribution in [2.75, 3.05) is 0 Å². The number of hydrogen-bond donors (Lipinski definition) is 1. The number of hydrogen-bond acceptors (Lipinski definition) is 5. The SMILES string of the molecule is Cc1ncccc1-n1c(/C=C/c2ccccc2O)nc2csc(C)c2c1=O. The summed E-state index contributed by atoms with van der Waals surface area (Å²) in [5, 5.41) is 12.5. The van der Waals surface area contributed by atoms with Crippen LogP contribution < -0.4 is 5.56 Å². The summed E-state index contributed by atoms with van der Waals surface area (Å²) in [6.07, 6.45) is 5.20.